The molecule has 0 aliphatic heterocycles. The molecule has 0 bridgehead atoms. The lowest BCUT2D eigenvalue weighted by molar-refractivity contribution is 0.482. The second-order valence-corrected chi connectivity index (χ2v) is 5.04. The fourth-order valence-corrected chi connectivity index (χ4v) is 2.08. The van der Waals surface area contributed by atoms with Crippen molar-refractivity contribution in [3.8, 4) is 0 Å². The molecule has 1 aromatic rings. The highest BCUT2D eigenvalue weighted by Crippen LogP contribution is 2.21. The van der Waals surface area contributed by atoms with Crippen LogP contribution in [0.4, 0.5) is 0 Å². The largest absolute Gasteiger partial charge is 0.271 e. The molecule has 3 heteroatoms. The van der Waals surface area contributed by atoms with Crippen molar-refractivity contribution >= 4 is 15.9 Å². The molecule has 0 fully saturated rings. The zero-order valence-corrected chi connectivity index (χ0v) is 11.5. The van der Waals surface area contributed by atoms with E-state index in [1.807, 2.05) is 0 Å². The quantitative estimate of drug-likeness (QED) is 0.452. The molecule has 0 aliphatic carbocycles. The van der Waals surface area contributed by atoms with E-state index >= 15 is 0 Å². The summed E-state index contributed by atoms with van der Waals surface area (Å²) in [6.45, 7) is 2.23. The van der Waals surface area contributed by atoms with Gasteiger partial charge in [-0.2, -0.15) is 0 Å². The van der Waals surface area contributed by atoms with Crippen LogP contribution < -0.4 is 11.3 Å². The molecule has 90 valence electrons. The van der Waals surface area contributed by atoms with Crippen LogP contribution in [0, 0.1) is 0 Å². The molecule has 0 radical (unpaired) electrons. The number of rotatable bonds is 7. The molecule has 1 atom stereocenters. The molecule has 1 unspecified atom stereocenters. The number of benzene rings is 1. The predicted octanol–water partition coefficient (Wildman–Crippen LogP) is 3.92. The van der Waals surface area contributed by atoms with Crippen molar-refractivity contribution in [3.63, 3.8) is 0 Å². The first-order valence-electron chi connectivity index (χ1n) is 5.99. The van der Waals surface area contributed by atoms with Gasteiger partial charge in [0.25, 0.3) is 0 Å². The van der Waals surface area contributed by atoms with Crippen LogP contribution in [0.1, 0.15) is 50.6 Å². The number of hydrazine groups is 1. The Morgan fingerprint density at radius 1 is 1.19 bits per heavy atom. The Hall–Kier alpha value is -0.380. The molecule has 0 saturated heterocycles. The van der Waals surface area contributed by atoms with Gasteiger partial charge in [0, 0.05) is 10.5 Å². The third-order valence-corrected chi connectivity index (χ3v) is 3.35. The minimum absolute atomic E-state index is 0.282. The van der Waals surface area contributed by atoms with E-state index in [-0.39, 0.29) is 6.04 Å². The second kappa shape index (κ2) is 7.82. The van der Waals surface area contributed by atoms with Crippen LogP contribution in [-0.2, 0) is 0 Å². The van der Waals surface area contributed by atoms with Gasteiger partial charge in [0.1, 0.15) is 0 Å². The molecule has 0 aliphatic rings. The molecule has 0 spiro atoms. The average Bonchev–Trinajstić information content (AvgIpc) is 2.31. The Bertz CT molecular complexity index is 284. The molecule has 0 amide bonds. The summed E-state index contributed by atoms with van der Waals surface area (Å²) in [7, 11) is 0. The number of hydrogen-bond donors (Lipinski definition) is 2. The van der Waals surface area contributed by atoms with Crippen LogP contribution in [0.5, 0.6) is 0 Å². The maximum absolute atomic E-state index is 5.60. The third-order valence-electron chi connectivity index (χ3n) is 2.82. The third kappa shape index (κ3) is 4.64. The molecule has 16 heavy (non-hydrogen) atoms. The van der Waals surface area contributed by atoms with Crippen molar-refractivity contribution < 1.29 is 0 Å². The number of unbranched alkanes of at least 4 members (excludes halogenated alkanes) is 3. The maximum atomic E-state index is 5.60. The summed E-state index contributed by atoms with van der Waals surface area (Å²) in [6, 6.07) is 8.64. The van der Waals surface area contributed by atoms with E-state index in [1.54, 1.807) is 0 Å². The number of nitrogens with two attached hydrogens (primary N) is 1. The van der Waals surface area contributed by atoms with E-state index in [0.29, 0.717) is 0 Å². The van der Waals surface area contributed by atoms with Crippen molar-refractivity contribution in [2.45, 2.75) is 45.1 Å². The topological polar surface area (TPSA) is 38.0 Å². The maximum Gasteiger partial charge on any atom is 0.0460 e. The highest BCUT2D eigenvalue weighted by atomic mass is 79.9. The van der Waals surface area contributed by atoms with E-state index in [0.717, 1.165) is 10.9 Å². The van der Waals surface area contributed by atoms with E-state index in [9.17, 15) is 0 Å². The van der Waals surface area contributed by atoms with Crippen molar-refractivity contribution in [1.29, 1.82) is 0 Å². The number of hydrogen-bond acceptors (Lipinski definition) is 2. The minimum Gasteiger partial charge on any atom is -0.271 e. The lowest BCUT2D eigenvalue weighted by Crippen LogP contribution is -2.27. The fourth-order valence-electron chi connectivity index (χ4n) is 1.82. The van der Waals surface area contributed by atoms with Crippen molar-refractivity contribution in [3.05, 3.63) is 34.3 Å². The van der Waals surface area contributed by atoms with E-state index in [2.05, 4.69) is 52.5 Å². The van der Waals surface area contributed by atoms with Gasteiger partial charge in [0.05, 0.1) is 0 Å². The standard InChI is InChI=1S/C13H21BrN2/c1-2-3-4-5-6-13(16-15)11-7-9-12(14)10-8-11/h7-10,13,16H,2-6,15H2,1H3. The predicted molar refractivity (Wildman–Crippen MR) is 73.0 cm³/mol. The second-order valence-electron chi connectivity index (χ2n) is 4.12. The van der Waals surface area contributed by atoms with Gasteiger partial charge in [-0.3, -0.25) is 11.3 Å². The van der Waals surface area contributed by atoms with Gasteiger partial charge < -0.3 is 0 Å². The van der Waals surface area contributed by atoms with Gasteiger partial charge in [-0.05, 0) is 24.1 Å². The Morgan fingerprint density at radius 3 is 2.44 bits per heavy atom. The first-order valence-corrected chi connectivity index (χ1v) is 6.78. The van der Waals surface area contributed by atoms with E-state index in [1.165, 1.54) is 31.2 Å². The Balaban J connectivity index is 2.44. The average molecular weight is 285 g/mol. The smallest absolute Gasteiger partial charge is 0.0460 e. The molecule has 1 aromatic carbocycles. The lowest BCUT2D eigenvalue weighted by Gasteiger charge is -2.16. The van der Waals surface area contributed by atoms with Crippen LogP contribution in [0.2, 0.25) is 0 Å². The first-order chi connectivity index (χ1) is 7.77. The monoisotopic (exact) mass is 284 g/mol. The zero-order valence-electron chi connectivity index (χ0n) is 9.88. The fraction of sp³-hybridized carbons (Fsp3) is 0.538. The summed E-state index contributed by atoms with van der Waals surface area (Å²) < 4.78 is 1.11. The van der Waals surface area contributed by atoms with Crippen LogP contribution in [-0.4, -0.2) is 0 Å². The Labute approximate surface area is 107 Å². The molecule has 2 nitrogen and oxygen atoms in total. The summed E-state index contributed by atoms with van der Waals surface area (Å²) in [6.07, 6.45) is 6.23. The van der Waals surface area contributed by atoms with Gasteiger partial charge in [0.2, 0.25) is 0 Å². The van der Waals surface area contributed by atoms with Crippen molar-refractivity contribution in [2.24, 2.45) is 5.84 Å². The minimum atomic E-state index is 0.282. The SMILES string of the molecule is CCCCCCC(NN)c1ccc(Br)cc1. The summed E-state index contributed by atoms with van der Waals surface area (Å²) >= 11 is 3.44. The molecular formula is C13H21BrN2. The number of halogens is 1. The van der Waals surface area contributed by atoms with Gasteiger partial charge in [0.15, 0.2) is 0 Å². The van der Waals surface area contributed by atoms with Gasteiger partial charge in [-0.15, -0.1) is 0 Å². The highest BCUT2D eigenvalue weighted by Gasteiger charge is 2.08. The summed E-state index contributed by atoms with van der Waals surface area (Å²) in [4.78, 5) is 0. The van der Waals surface area contributed by atoms with Crippen LogP contribution >= 0.6 is 15.9 Å². The summed E-state index contributed by atoms with van der Waals surface area (Å²) in [5.41, 5.74) is 4.17. The number of nitrogens with one attached hydrogen (secondary N) is 1. The van der Waals surface area contributed by atoms with Crippen LogP contribution in [0.3, 0.4) is 0 Å². The van der Waals surface area contributed by atoms with Crippen LogP contribution in [0.25, 0.3) is 0 Å². The molecule has 0 aromatic heterocycles. The Morgan fingerprint density at radius 2 is 1.88 bits per heavy atom. The lowest BCUT2D eigenvalue weighted by atomic mass is 10.0. The van der Waals surface area contributed by atoms with Crippen molar-refractivity contribution in [1.82, 2.24) is 5.43 Å². The van der Waals surface area contributed by atoms with Crippen LogP contribution in [0.15, 0.2) is 28.7 Å². The van der Waals surface area contributed by atoms with Crippen molar-refractivity contribution in [2.75, 3.05) is 0 Å². The highest BCUT2D eigenvalue weighted by molar-refractivity contribution is 9.10. The molecule has 3 N–H and O–H groups in total. The summed E-state index contributed by atoms with van der Waals surface area (Å²) in [5, 5.41) is 0. The normalized spacial score (nSPS) is 12.7. The molecule has 1 rings (SSSR count). The Kier molecular flexibility index (Phi) is 6.69. The van der Waals surface area contributed by atoms with E-state index in [4.69, 9.17) is 5.84 Å². The van der Waals surface area contributed by atoms with E-state index < -0.39 is 0 Å². The summed E-state index contributed by atoms with van der Waals surface area (Å²) in [5.74, 6) is 5.60. The molecular weight excluding hydrogens is 264 g/mol. The zero-order chi connectivity index (χ0) is 11.8. The van der Waals surface area contributed by atoms with Gasteiger partial charge >= 0.3 is 0 Å². The van der Waals surface area contributed by atoms with Gasteiger partial charge in [-0.1, -0.05) is 60.7 Å². The van der Waals surface area contributed by atoms with Gasteiger partial charge in [-0.25, -0.2) is 0 Å². The first kappa shape index (κ1) is 13.7. The molecule has 0 saturated carbocycles. The molecule has 0 heterocycles.